The second-order valence-corrected chi connectivity index (χ2v) is 6.23. The van der Waals surface area contributed by atoms with E-state index in [-0.39, 0.29) is 10.6 Å². The van der Waals surface area contributed by atoms with Gasteiger partial charge in [0.05, 0.1) is 9.82 Å². The number of nitro groups is 1. The third-order valence-corrected chi connectivity index (χ3v) is 4.52. The molecule has 0 unspecified atom stereocenters. The van der Waals surface area contributed by atoms with Gasteiger partial charge in [-0.05, 0) is 37.6 Å². The first-order chi connectivity index (χ1) is 8.99. The van der Waals surface area contributed by atoms with Gasteiger partial charge < -0.3 is 5.32 Å². The average molecular weight is 285 g/mol. The number of hydrogen-bond acceptors (Lipinski definition) is 5. The number of hydrogen-bond donors (Lipinski definition) is 2. The number of sulfonamides is 1. The summed E-state index contributed by atoms with van der Waals surface area (Å²) in [5.41, 5.74) is -0.126. The van der Waals surface area contributed by atoms with Crippen LogP contribution in [0.1, 0.15) is 6.42 Å². The highest BCUT2D eigenvalue weighted by atomic mass is 32.2. The molecule has 8 heteroatoms. The Morgan fingerprint density at radius 3 is 2.58 bits per heavy atom. The zero-order valence-corrected chi connectivity index (χ0v) is 11.0. The SMILES string of the molecule is O=[N+]([O-])c1ccc(S(=O)(=O)NC[C@@H]2CCNC2)cc1. The van der Waals surface area contributed by atoms with Gasteiger partial charge in [-0.3, -0.25) is 10.1 Å². The molecule has 7 nitrogen and oxygen atoms in total. The summed E-state index contributed by atoms with van der Waals surface area (Å²) in [6.07, 6.45) is 0.947. The fourth-order valence-electron chi connectivity index (χ4n) is 1.95. The fraction of sp³-hybridized carbons (Fsp3) is 0.455. The Balaban J connectivity index is 2.03. The van der Waals surface area contributed by atoms with E-state index in [9.17, 15) is 18.5 Å². The predicted molar refractivity (Wildman–Crippen MR) is 69.3 cm³/mol. The molecule has 0 radical (unpaired) electrons. The summed E-state index contributed by atoms with van der Waals surface area (Å²) in [5, 5.41) is 13.7. The molecule has 0 bridgehead atoms. The average Bonchev–Trinajstić information content (AvgIpc) is 2.90. The van der Waals surface area contributed by atoms with Crippen LogP contribution in [-0.2, 0) is 10.0 Å². The Morgan fingerprint density at radius 1 is 1.37 bits per heavy atom. The van der Waals surface area contributed by atoms with Crippen molar-refractivity contribution >= 4 is 15.7 Å². The largest absolute Gasteiger partial charge is 0.316 e. The molecule has 2 N–H and O–H groups in total. The monoisotopic (exact) mass is 285 g/mol. The lowest BCUT2D eigenvalue weighted by molar-refractivity contribution is -0.384. The van der Waals surface area contributed by atoms with Crippen LogP contribution in [0.25, 0.3) is 0 Å². The van der Waals surface area contributed by atoms with Gasteiger partial charge in [0.1, 0.15) is 0 Å². The zero-order chi connectivity index (χ0) is 13.9. The quantitative estimate of drug-likeness (QED) is 0.605. The minimum absolute atomic E-state index is 0.0454. The van der Waals surface area contributed by atoms with Crippen LogP contribution in [0.2, 0.25) is 0 Å². The number of nitrogens with zero attached hydrogens (tertiary/aromatic N) is 1. The molecular weight excluding hydrogens is 270 g/mol. The van der Waals surface area contributed by atoms with E-state index in [4.69, 9.17) is 0 Å². The highest BCUT2D eigenvalue weighted by molar-refractivity contribution is 7.89. The molecule has 1 saturated heterocycles. The minimum Gasteiger partial charge on any atom is -0.316 e. The summed E-state index contributed by atoms with van der Waals surface area (Å²) in [5.74, 6) is 0.299. The molecule has 1 atom stereocenters. The van der Waals surface area contributed by atoms with Crippen LogP contribution in [0, 0.1) is 16.0 Å². The Bertz CT molecular complexity index is 550. The molecule has 1 aliphatic heterocycles. The van der Waals surface area contributed by atoms with E-state index in [1.807, 2.05) is 0 Å². The van der Waals surface area contributed by atoms with E-state index >= 15 is 0 Å². The van der Waals surface area contributed by atoms with Crippen molar-refractivity contribution < 1.29 is 13.3 Å². The first-order valence-corrected chi connectivity index (χ1v) is 7.42. The van der Waals surface area contributed by atoms with Crippen molar-refractivity contribution in [2.45, 2.75) is 11.3 Å². The van der Waals surface area contributed by atoms with Crippen LogP contribution in [-0.4, -0.2) is 33.0 Å². The first-order valence-electron chi connectivity index (χ1n) is 5.94. The van der Waals surface area contributed by atoms with E-state index in [1.165, 1.54) is 24.3 Å². The minimum atomic E-state index is -3.59. The number of non-ortho nitro benzene ring substituents is 1. The zero-order valence-electron chi connectivity index (χ0n) is 10.2. The van der Waals surface area contributed by atoms with E-state index < -0.39 is 14.9 Å². The molecule has 19 heavy (non-hydrogen) atoms. The van der Waals surface area contributed by atoms with Crippen molar-refractivity contribution in [1.82, 2.24) is 10.0 Å². The summed E-state index contributed by atoms with van der Waals surface area (Å²) in [4.78, 5) is 9.98. The lowest BCUT2D eigenvalue weighted by Gasteiger charge is -2.10. The third-order valence-electron chi connectivity index (χ3n) is 3.08. The molecule has 0 amide bonds. The lowest BCUT2D eigenvalue weighted by atomic mass is 10.1. The smallest absolute Gasteiger partial charge is 0.269 e. The molecule has 0 saturated carbocycles. The first kappa shape index (κ1) is 13.9. The maximum Gasteiger partial charge on any atom is 0.269 e. The number of nitro benzene ring substituents is 1. The molecule has 2 rings (SSSR count). The van der Waals surface area contributed by atoms with E-state index in [1.54, 1.807) is 0 Å². The van der Waals surface area contributed by atoms with Crippen molar-refractivity contribution in [2.75, 3.05) is 19.6 Å². The highest BCUT2D eigenvalue weighted by Gasteiger charge is 2.20. The van der Waals surface area contributed by atoms with Gasteiger partial charge in [-0.15, -0.1) is 0 Å². The normalized spacial score (nSPS) is 19.5. The number of nitrogens with one attached hydrogen (secondary N) is 2. The lowest BCUT2D eigenvalue weighted by Crippen LogP contribution is -2.30. The molecule has 1 fully saturated rings. The summed E-state index contributed by atoms with van der Waals surface area (Å²) in [6, 6.07) is 4.86. The molecular formula is C11H15N3O4S. The third kappa shape index (κ3) is 3.49. The van der Waals surface area contributed by atoms with Crippen LogP contribution < -0.4 is 10.0 Å². The van der Waals surface area contributed by atoms with Crippen molar-refractivity contribution in [3.63, 3.8) is 0 Å². The van der Waals surface area contributed by atoms with Crippen LogP contribution in [0.3, 0.4) is 0 Å². The molecule has 1 aromatic rings. The number of benzene rings is 1. The van der Waals surface area contributed by atoms with Gasteiger partial charge in [-0.25, -0.2) is 13.1 Å². The number of rotatable bonds is 5. The van der Waals surface area contributed by atoms with Crippen molar-refractivity contribution in [3.8, 4) is 0 Å². The molecule has 0 aromatic heterocycles. The molecule has 1 aliphatic rings. The van der Waals surface area contributed by atoms with Gasteiger partial charge in [0.2, 0.25) is 10.0 Å². The van der Waals surface area contributed by atoms with Gasteiger partial charge in [0.15, 0.2) is 0 Å². The van der Waals surface area contributed by atoms with Crippen LogP contribution in [0.4, 0.5) is 5.69 Å². The van der Waals surface area contributed by atoms with Gasteiger partial charge in [0.25, 0.3) is 5.69 Å². The van der Waals surface area contributed by atoms with Gasteiger partial charge >= 0.3 is 0 Å². The molecule has 104 valence electrons. The van der Waals surface area contributed by atoms with Crippen LogP contribution in [0.5, 0.6) is 0 Å². The Kier molecular flexibility index (Phi) is 4.13. The Labute approximate surface area is 111 Å². The Morgan fingerprint density at radius 2 is 2.05 bits per heavy atom. The van der Waals surface area contributed by atoms with Crippen molar-refractivity contribution in [1.29, 1.82) is 0 Å². The second kappa shape index (κ2) is 5.64. The second-order valence-electron chi connectivity index (χ2n) is 4.46. The summed E-state index contributed by atoms with van der Waals surface area (Å²) in [7, 11) is -3.59. The summed E-state index contributed by atoms with van der Waals surface area (Å²) in [6.45, 7) is 2.10. The molecule has 1 aromatic carbocycles. The predicted octanol–water partition coefficient (Wildman–Crippen LogP) is 0.483. The van der Waals surface area contributed by atoms with Gasteiger partial charge in [-0.1, -0.05) is 0 Å². The maximum absolute atomic E-state index is 12.0. The van der Waals surface area contributed by atoms with Gasteiger partial charge in [0, 0.05) is 18.7 Å². The van der Waals surface area contributed by atoms with Crippen molar-refractivity contribution in [3.05, 3.63) is 34.4 Å². The van der Waals surface area contributed by atoms with Crippen LogP contribution in [0.15, 0.2) is 29.2 Å². The van der Waals surface area contributed by atoms with Crippen molar-refractivity contribution in [2.24, 2.45) is 5.92 Å². The van der Waals surface area contributed by atoms with Crippen LogP contribution >= 0.6 is 0 Å². The fourth-order valence-corrected chi connectivity index (χ4v) is 3.06. The van der Waals surface area contributed by atoms with E-state index in [0.717, 1.165) is 19.5 Å². The topological polar surface area (TPSA) is 101 Å². The van der Waals surface area contributed by atoms with Gasteiger partial charge in [-0.2, -0.15) is 0 Å². The summed E-state index contributed by atoms with van der Waals surface area (Å²) >= 11 is 0. The summed E-state index contributed by atoms with van der Waals surface area (Å²) < 4.78 is 26.5. The Hall–Kier alpha value is -1.51. The molecule has 0 spiro atoms. The molecule has 1 heterocycles. The highest BCUT2D eigenvalue weighted by Crippen LogP contribution is 2.16. The standard InChI is InChI=1S/C11H15N3O4S/c15-14(16)10-1-3-11(4-2-10)19(17,18)13-8-9-5-6-12-7-9/h1-4,9,12-13H,5-8H2/t9-/m1/s1. The maximum atomic E-state index is 12.0. The molecule has 0 aliphatic carbocycles. The van der Waals surface area contributed by atoms with E-state index in [2.05, 4.69) is 10.0 Å². The van der Waals surface area contributed by atoms with E-state index in [0.29, 0.717) is 12.5 Å².